The van der Waals surface area contributed by atoms with Crippen LogP contribution in [0.1, 0.15) is 51.0 Å². The second kappa shape index (κ2) is 4.82. The van der Waals surface area contributed by atoms with Gasteiger partial charge in [-0.15, -0.1) is 0 Å². The van der Waals surface area contributed by atoms with Gasteiger partial charge in [0.1, 0.15) is 0 Å². The molecule has 0 aromatic carbocycles. The Balaban J connectivity index is 1.57. The molecule has 2 heterocycles. The number of hydrogen-bond donors (Lipinski definition) is 1. The highest BCUT2D eigenvalue weighted by atomic mass is 15.3. The summed E-state index contributed by atoms with van der Waals surface area (Å²) in [6.07, 6.45) is 12.5. The van der Waals surface area contributed by atoms with Gasteiger partial charge in [0.05, 0.1) is 6.20 Å². The monoisotopic (exact) mass is 288 g/mol. The lowest BCUT2D eigenvalue weighted by Crippen LogP contribution is -2.68. The average molecular weight is 288 g/mol. The molecular formula is C17H28N4. The molecule has 0 radical (unpaired) electrons. The molecule has 2 saturated carbocycles. The fraction of sp³-hybridized carbons (Fsp3) is 0.824. The topological polar surface area (TPSA) is 33.1 Å². The summed E-state index contributed by atoms with van der Waals surface area (Å²) in [5, 5.41) is 8.32. The number of rotatable bonds is 3. The first-order chi connectivity index (χ1) is 10.1. The third-order valence-corrected chi connectivity index (χ3v) is 6.19. The third-order valence-electron chi connectivity index (χ3n) is 6.19. The number of nitrogens with zero attached hydrogens (tertiary/aromatic N) is 3. The Hall–Kier alpha value is -0.870. The molecule has 1 aromatic heterocycles. The van der Waals surface area contributed by atoms with Gasteiger partial charge in [-0.1, -0.05) is 12.8 Å². The highest BCUT2D eigenvalue weighted by Gasteiger charge is 2.52. The van der Waals surface area contributed by atoms with Crippen molar-refractivity contribution < 1.29 is 0 Å². The van der Waals surface area contributed by atoms with Crippen LogP contribution in [0.4, 0.5) is 0 Å². The molecule has 0 amide bonds. The fourth-order valence-corrected chi connectivity index (χ4v) is 4.58. The van der Waals surface area contributed by atoms with Crippen LogP contribution in [0.15, 0.2) is 12.4 Å². The summed E-state index contributed by atoms with van der Waals surface area (Å²) >= 11 is 0. The van der Waals surface area contributed by atoms with Crippen LogP contribution in [0.25, 0.3) is 0 Å². The molecule has 1 atom stereocenters. The average Bonchev–Trinajstić information content (AvgIpc) is 3.11. The summed E-state index contributed by atoms with van der Waals surface area (Å²) in [7, 11) is 2.01. The second-order valence-corrected chi connectivity index (χ2v) is 7.85. The SMILES string of the molecule is Cn1cc(CN2CC3(CCCC3)NCC2(C)C2CC2)cn1. The maximum Gasteiger partial charge on any atom is 0.0534 e. The van der Waals surface area contributed by atoms with Crippen LogP contribution in [0.5, 0.6) is 0 Å². The van der Waals surface area contributed by atoms with Gasteiger partial charge >= 0.3 is 0 Å². The molecule has 1 aliphatic heterocycles. The smallest absolute Gasteiger partial charge is 0.0534 e. The number of nitrogens with one attached hydrogen (secondary N) is 1. The van der Waals surface area contributed by atoms with Gasteiger partial charge in [0.2, 0.25) is 0 Å². The van der Waals surface area contributed by atoms with E-state index >= 15 is 0 Å². The van der Waals surface area contributed by atoms with Crippen molar-refractivity contribution in [2.24, 2.45) is 13.0 Å². The first kappa shape index (κ1) is 13.8. The van der Waals surface area contributed by atoms with E-state index in [1.54, 1.807) is 0 Å². The first-order valence-electron chi connectivity index (χ1n) is 8.57. The Bertz CT molecular complexity index is 513. The van der Waals surface area contributed by atoms with Gasteiger partial charge in [-0.05, 0) is 38.5 Å². The molecular weight excluding hydrogens is 260 g/mol. The maximum atomic E-state index is 4.35. The lowest BCUT2D eigenvalue weighted by molar-refractivity contribution is -0.00382. The molecule has 1 aromatic rings. The highest BCUT2D eigenvalue weighted by Crippen LogP contribution is 2.47. The summed E-state index contributed by atoms with van der Waals surface area (Å²) in [4.78, 5) is 2.78. The van der Waals surface area contributed by atoms with Crippen molar-refractivity contribution in [2.45, 2.75) is 63.1 Å². The number of aryl methyl sites for hydroxylation is 1. The van der Waals surface area contributed by atoms with E-state index in [2.05, 4.69) is 28.4 Å². The number of hydrogen-bond acceptors (Lipinski definition) is 3. The molecule has 21 heavy (non-hydrogen) atoms. The predicted octanol–water partition coefficient (Wildman–Crippen LogP) is 2.31. The van der Waals surface area contributed by atoms with E-state index in [0.29, 0.717) is 11.1 Å². The van der Waals surface area contributed by atoms with Crippen LogP contribution in [-0.2, 0) is 13.6 Å². The molecule has 1 N–H and O–H groups in total. The minimum Gasteiger partial charge on any atom is -0.308 e. The van der Waals surface area contributed by atoms with Crippen molar-refractivity contribution in [3.63, 3.8) is 0 Å². The van der Waals surface area contributed by atoms with Gasteiger partial charge in [0.25, 0.3) is 0 Å². The Morgan fingerprint density at radius 2 is 2.10 bits per heavy atom. The van der Waals surface area contributed by atoms with Crippen molar-refractivity contribution >= 4 is 0 Å². The zero-order valence-corrected chi connectivity index (χ0v) is 13.4. The van der Waals surface area contributed by atoms with Gasteiger partial charge in [0.15, 0.2) is 0 Å². The zero-order chi connectivity index (χ0) is 14.5. The van der Waals surface area contributed by atoms with Crippen LogP contribution in [0, 0.1) is 5.92 Å². The Labute approximate surface area is 127 Å². The molecule has 2 aliphatic carbocycles. The van der Waals surface area contributed by atoms with Crippen LogP contribution in [0.2, 0.25) is 0 Å². The Morgan fingerprint density at radius 1 is 1.33 bits per heavy atom. The molecule has 3 fully saturated rings. The van der Waals surface area contributed by atoms with Crippen molar-refractivity contribution in [1.82, 2.24) is 20.0 Å². The summed E-state index contributed by atoms with van der Waals surface area (Å²) in [5.41, 5.74) is 2.10. The largest absolute Gasteiger partial charge is 0.308 e. The normalized spacial score (nSPS) is 32.9. The minimum absolute atomic E-state index is 0.337. The van der Waals surface area contributed by atoms with E-state index in [0.717, 1.165) is 19.0 Å². The van der Waals surface area contributed by atoms with E-state index in [-0.39, 0.29) is 0 Å². The van der Waals surface area contributed by atoms with E-state index in [1.807, 2.05) is 17.9 Å². The van der Waals surface area contributed by atoms with Gasteiger partial charge in [-0.25, -0.2) is 0 Å². The Kier molecular flexibility index (Phi) is 3.16. The number of aromatic nitrogens is 2. The zero-order valence-electron chi connectivity index (χ0n) is 13.4. The van der Waals surface area contributed by atoms with Crippen LogP contribution < -0.4 is 5.32 Å². The highest BCUT2D eigenvalue weighted by molar-refractivity contribution is 5.13. The third kappa shape index (κ3) is 2.42. The molecule has 4 rings (SSSR count). The van der Waals surface area contributed by atoms with Crippen molar-refractivity contribution in [3.05, 3.63) is 18.0 Å². The van der Waals surface area contributed by atoms with Gasteiger partial charge in [-0.3, -0.25) is 9.58 Å². The molecule has 1 spiro atoms. The van der Waals surface area contributed by atoms with Crippen LogP contribution >= 0.6 is 0 Å². The van der Waals surface area contributed by atoms with E-state index < -0.39 is 0 Å². The quantitative estimate of drug-likeness (QED) is 0.926. The molecule has 1 unspecified atom stereocenters. The van der Waals surface area contributed by atoms with Crippen molar-refractivity contribution in [1.29, 1.82) is 0 Å². The number of piperazine rings is 1. The minimum atomic E-state index is 0.337. The lowest BCUT2D eigenvalue weighted by atomic mass is 9.83. The fourth-order valence-electron chi connectivity index (χ4n) is 4.58. The van der Waals surface area contributed by atoms with E-state index in [4.69, 9.17) is 0 Å². The van der Waals surface area contributed by atoms with Crippen LogP contribution in [0.3, 0.4) is 0 Å². The molecule has 4 nitrogen and oxygen atoms in total. The molecule has 1 saturated heterocycles. The molecule has 116 valence electrons. The lowest BCUT2D eigenvalue weighted by Gasteiger charge is -2.53. The molecule has 3 aliphatic rings. The van der Waals surface area contributed by atoms with Crippen molar-refractivity contribution in [3.8, 4) is 0 Å². The van der Waals surface area contributed by atoms with Gasteiger partial charge in [-0.2, -0.15) is 5.10 Å². The van der Waals surface area contributed by atoms with Crippen molar-refractivity contribution in [2.75, 3.05) is 13.1 Å². The van der Waals surface area contributed by atoms with Crippen LogP contribution in [-0.4, -0.2) is 38.8 Å². The summed E-state index contributed by atoms with van der Waals surface area (Å²) in [5.74, 6) is 0.889. The predicted molar refractivity (Wildman–Crippen MR) is 83.9 cm³/mol. The maximum absolute atomic E-state index is 4.35. The van der Waals surface area contributed by atoms with E-state index in [9.17, 15) is 0 Å². The summed E-state index contributed by atoms with van der Waals surface area (Å²) < 4.78 is 1.93. The van der Waals surface area contributed by atoms with Gasteiger partial charge in [0, 0.05) is 49.5 Å². The molecule has 4 heteroatoms. The second-order valence-electron chi connectivity index (χ2n) is 7.85. The first-order valence-corrected chi connectivity index (χ1v) is 8.57. The van der Waals surface area contributed by atoms with E-state index in [1.165, 1.54) is 50.6 Å². The summed E-state index contributed by atoms with van der Waals surface area (Å²) in [6.45, 7) is 5.92. The Morgan fingerprint density at radius 3 is 2.71 bits per heavy atom. The van der Waals surface area contributed by atoms with Gasteiger partial charge < -0.3 is 5.32 Å². The summed E-state index contributed by atoms with van der Waals surface area (Å²) in [6, 6.07) is 0. The molecule has 0 bridgehead atoms. The standard InChI is InChI=1S/C17H28N4/c1-16(15-5-6-15)12-18-17(7-3-4-8-17)13-21(16)11-14-9-19-20(2)10-14/h9-10,15,18H,3-8,11-13H2,1-2H3.